The minimum Gasteiger partial charge on any atom is -0.465 e. The normalized spacial score (nSPS) is 34.4. The minimum absolute atomic E-state index is 0.279. The SMILES string of the molecule is C=CC[C@]1(O)CCCC[C@@]1(C)C(=O)OCC. The molecule has 1 aliphatic carbocycles. The van der Waals surface area contributed by atoms with Gasteiger partial charge in [-0.2, -0.15) is 0 Å². The molecule has 2 atom stereocenters. The molecule has 0 spiro atoms. The van der Waals surface area contributed by atoms with Gasteiger partial charge in [-0.05, 0) is 33.1 Å². The smallest absolute Gasteiger partial charge is 0.314 e. The number of esters is 1. The summed E-state index contributed by atoms with van der Waals surface area (Å²) in [5.41, 5.74) is -1.77. The van der Waals surface area contributed by atoms with E-state index in [1.165, 1.54) is 0 Å². The van der Waals surface area contributed by atoms with Crippen molar-refractivity contribution in [1.82, 2.24) is 0 Å². The van der Waals surface area contributed by atoms with Crippen LogP contribution < -0.4 is 0 Å². The summed E-state index contributed by atoms with van der Waals surface area (Å²) in [5.74, 6) is -0.279. The van der Waals surface area contributed by atoms with E-state index in [9.17, 15) is 9.90 Å². The van der Waals surface area contributed by atoms with Crippen LogP contribution in [0.25, 0.3) is 0 Å². The van der Waals surface area contributed by atoms with Gasteiger partial charge < -0.3 is 9.84 Å². The molecule has 0 heterocycles. The van der Waals surface area contributed by atoms with Gasteiger partial charge in [-0.25, -0.2) is 0 Å². The molecule has 0 bridgehead atoms. The first-order chi connectivity index (χ1) is 7.50. The maximum atomic E-state index is 12.0. The second-order valence-corrected chi connectivity index (χ2v) is 4.78. The van der Waals surface area contributed by atoms with Gasteiger partial charge in [0.15, 0.2) is 0 Å². The minimum atomic E-state index is -0.987. The molecule has 1 rings (SSSR count). The fraction of sp³-hybridized carbons (Fsp3) is 0.769. The van der Waals surface area contributed by atoms with Crippen LogP contribution in [0.1, 0.15) is 46.0 Å². The zero-order valence-corrected chi connectivity index (χ0v) is 10.3. The van der Waals surface area contributed by atoms with Gasteiger partial charge in [-0.3, -0.25) is 4.79 Å². The number of hydrogen-bond acceptors (Lipinski definition) is 3. The Hall–Kier alpha value is -0.830. The van der Waals surface area contributed by atoms with Gasteiger partial charge >= 0.3 is 5.97 Å². The van der Waals surface area contributed by atoms with E-state index in [0.717, 1.165) is 12.8 Å². The van der Waals surface area contributed by atoms with Crippen molar-refractivity contribution >= 4 is 5.97 Å². The maximum absolute atomic E-state index is 12.0. The van der Waals surface area contributed by atoms with Crippen molar-refractivity contribution in [2.45, 2.75) is 51.6 Å². The number of hydrogen-bond donors (Lipinski definition) is 1. The molecular weight excluding hydrogens is 204 g/mol. The van der Waals surface area contributed by atoms with Gasteiger partial charge in [0.2, 0.25) is 0 Å². The summed E-state index contributed by atoms with van der Waals surface area (Å²) in [7, 11) is 0. The average molecular weight is 226 g/mol. The van der Waals surface area contributed by atoms with Crippen molar-refractivity contribution in [3.8, 4) is 0 Å². The standard InChI is InChI=1S/C13H22O3/c1-4-8-13(15)10-7-6-9-12(13,3)11(14)16-5-2/h4,15H,1,5-10H2,2-3H3/t12-,13-/m0/s1. The summed E-state index contributed by atoms with van der Waals surface area (Å²) in [5, 5.41) is 10.6. The molecule has 16 heavy (non-hydrogen) atoms. The Morgan fingerprint density at radius 3 is 2.69 bits per heavy atom. The molecular formula is C13H22O3. The van der Waals surface area contributed by atoms with Crippen LogP contribution >= 0.6 is 0 Å². The van der Waals surface area contributed by atoms with Crippen LogP contribution in [0, 0.1) is 5.41 Å². The molecule has 0 saturated heterocycles. The first-order valence-corrected chi connectivity index (χ1v) is 6.00. The van der Waals surface area contributed by atoms with Crippen LogP contribution in [0.5, 0.6) is 0 Å². The van der Waals surface area contributed by atoms with E-state index >= 15 is 0 Å². The van der Waals surface area contributed by atoms with E-state index < -0.39 is 11.0 Å². The summed E-state index contributed by atoms with van der Waals surface area (Å²) in [4.78, 5) is 12.0. The third kappa shape index (κ3) is 2.14. The molecule has 0 aliphatic heterocycles. The third-order valence-electron chi connectivity index (χ3n) is 3.75. The molecule has 0 radical (unpaired) electrons. The lowest BCUT2D eigenvalue weighted by atomic mass is 9.63. The van der Waals surface area contributed by atoms with Crippen molar-refractivity contribution in [2.75, 3.05) is 6.61 Å². The summed E-state index contributed by atoms with van der Waals surface area (Å²) >= 11 is 0. The highest BCUT2D eigenvalue weighted by Gasteiger charge is 2.53. The molecule has 0 aromatic rings. The van der Waals surface area contributed by atoms with E-state index in [0.29, 0.717) is 25.9 Å². The lowest BCUT2D eigenvalue weighted by Crippen LogP contribution is -2.53. The van der Waals surface area contributed by atoms with Gasteiger partial charge in [0.1, 0.15) is 0 Å². The lowest BCUT2D eigenvalue weighted by Gasteiger charge is -2.46. The summed E-state index contributed by atoms with van der Waals surface area (Å²) < 4.78 is 5.09. The number of ether oxygens (including phenoxy) is 1. The second kappa shape index (κ2) is 5.00. The highest BCUT2D eigenvalue weighted by Crippen LogP contribution is 2.47. The molecule has 3 nitrogen and oxygen atoms in total. The van der Waals surface area contributed by atoms with Crippen LogP contribution in [0.15, 0.2) is 12.7 Å². The molecule has 92 valence electrons. The van der Waals surface area contributed by atoms with Gasteiger partial charge in [-0.15, -0.1) is 6.58 Å². The molecule has 1 N–H and O–H groups in total. The Kier molecular flexibility index (Phi) is 4.14. The average Bonchev–Trinajstić information content (AvgIpc) is 2.23. The van der Waals surface area contributed by atoms with Gasteiger partial charge in [0.05, 0.1) is 17.6 Å². The lowest BCUT2D eigenvalue weighted by molar-refractivity contribution is -0.179. The fourth-order valence-corrected chi connectivity index (χ4v) is 2.55. The molecule has 0 aromatic heterocycles. The zero-order chi connectivity index (χ0) is 12.2. The molecule has 1 fully saturated rings. The number of rotatable bonds is 4. The Morgan fingerprint density at radius 2 is 2.12 bits per heavy atom. The van der Waals surface area contributed by atoms with E-state index in [1.807, 2.05) is 6.92 Å². The maximum Gasteiger partial charge on any atom is 0.314 e. The Morgan fingerprint density at radius 1 is 1.50 bits per heavy atom. The molecule has 0 amide bonds. The second-order valence-electron chi connectivity index (χ2n) is 4.78. The predicted molar refractivity (Wildman–Crippen MR) is 63.0 cm³/mol. The van der Waals surface area contributed by atoms with Crippen LogP contribution in [0.2, 0.25) is 0 Å². The zero-order valence-electron chi connectivity index (χ0n) is 10.3. The van der Waals surface area contributed by atoms with Crippen molar-refractivity contribution in [1.29, 1.82) is 0 Å². The Balaban J connectivity index is 2.94. The quantitative estimate of drug-likeness (QED) is 0.591. The summed E-state index contributed by atoms with van der Waals surface area (Å²) in [6.45, 7) is 7.62. The van der Waals surface area contributed by atoms with Crippen molar-refractivity contribution in [3.05, 3.63) is 12.7 Å². The van der Waals surface area contributed by atoms with Gasteiger partial charge in [0.25, 0.3) is 0 Å². The summed E-state index contributed by atoms with van der Waals surface area (Å²) in [6, 6.07) is 0. The first kappa shape index (κ1) is 13.2. The number of carbonyl (C=O) groups is 1. The monoisotopic (exact) mass is 226 g/mol. The van der Waals surface area contributed by atoms with Crippen LogP contribution in [0.3, 0.4) is 0 Å². The van der Waals surface area contributed by atoms with E-state index in [-0.39, 0.29) is 5.97 Å². The van der Waals surface area contributed by atoms with Crippen molar-refractivity contribution < 1.29 is 14.6 Å². The Labute approximate surface area is 97.5 Å². The number of carbonyl (C=O) groups excluding carboxylic acids is 1. The molecule has 0 unspecified atom stereocenters. The highest BCUT2D eigenvalue weighted by molar-refractivity contribution is 5.78. The molecule has 3 heteroatoms. The van der Waals surface area contributed by atoms with Gasteiger partial charge in [0, 0.05) is 0 Å². The summed E-state index contributed by atoms with van der Waals surface area (Å²) in [6.07, 6.45) is 5.39. The van der Waals surface area contributed by atoms with E-state index in [2.05, 4.69) is 6.58 Å². The van der Waals surface area contributed by atoms with Crippen LogP contribution in [-0.4, -0.2) is 23.3 Å². The highest BCUT2D eigenvalue weighted by atomic mass is 16.5. The largest absolute Gasteiger partial charge is 0.465 e. The van der Waals surface area contributed by atoms with E-state index in [1.54, 1.807) is 13.0 Å². The predicted octanol–water partition coefficient (Wildman–Crippen LogP) is 2.44. The van der Waals surface area contributed by atoms with E-state index in [4.69, 9.17) is 4.74 Å². The first-order valence-electron chi connectivity index (χ1n) is 6.00. The Bertz CT molecular complexity index is 274. The van der Waals surface area contributed by atoms with Crippen LogP contribution in [-0.2, 0) is 9.53 Å². The third-order valence-corrected chi connectivity index (χ3v) is 3.75. The molecule has 0 aromatic carbocycles. The topological polar surface area (TPSA) is 46.5 Å². The molecule has 1 saturated carbocycles. The van der Waals surface area contributed by atoms with Crippen LogP contribution in [0.4, 0.5) is 0 Å². The fourth-order valence-electron chi connectivity index (χ4n) is 2.55. The number of aliphatic hydroxyl groups is 1. The van der Waals surface area contributed by atoms with Crippen molar-refractivity contribution in [2.24, 2.45) is 5.41 Å². The van der Waals surface area contributed by atoms with Gasteiger partial charge in [-0.1, -0.05) is 18.9 Å². The molecule has 1 aliphatic rings. The van der Waals surface area contributed by atoms with Crippen molar-refractivity contribution in [3.63, 3.8) is 0 Å².